The van der Waals surface area contributed by atoms with Crippen molar-refractivity contribution in [3.05, 3.63) is 29.7 Å². The van der Waals surface area contributed by atoms with Crippen molar-refractivity contribution in [2.24, 2.45) is 0 Å². The molecule has 3 heterocycles. The average Bonchev–Trinajstić information content (AvgIpc) is 3.27. The fraction of sp³-hybridized carbons (Fsp3) is 0.706. The molecule has 0 N–H and O–H groups in total. The van der Waals surface area contributed by atoms with Crippen molar-refractivity contribution in [2.45, 2.75) is 64.3 Å². The Morgan fingerprint density at radius 3 is 2.79 bits per heavy atom. The molecular formula is C17H25N5O2. The van der Waals surface area contributed by atoms with E-state index in [9.17, 15) is 0 Å². The number of morpholine rings is 1. The number of hydrogen-bond donors (Lipinski definition) is 0. The Morgan fingerprint density at radius 1 is 1.21 bits per heavy atom. The van der Waals surface area contributed by atoms with E-state index < -0.39 is 0 Å². The highest BCUT2D eigenvalue weighted by molar-refractivity contribution is 5.04. The van der Waals surface area contributed by atoms with Crippen LogP contribution < -0.4 is 0 Å². The van der Waals surface area contributed by atoms with Crippen molar-refractivity contribution in [3.8, 4) is 0 Å². The Kier molecular flexibility index (Phi) is 4.37. The summed E-state index contributed by atoms with van der Waals surface area (Å²) in [6, 6.07) is 2.72. The van der Waals surface area contributed by atoms with Crippen molar-refractivity contribution in [1.82, 2.24) is 24.9 Å². The van der Waals surface area contributed by atoms with Gasteiger partial charge in [0.25, 0.3) is 0 Å². The summed E-state index contributed by atoms with van der Waals surface area (Å²) in [5.41, 5.74) is 1.29. The van der Waals surface area contributed by atoms with E-state index in [-0.39, 0.29) is 12.2 Å². The molecule has 0 unspecified atom stereocenters. The van der Waals surface area contributed by atoms with Gasteiger partial charge in [-0.2, -0.15) is 5.10 Å². The summed E-state index contributed by atoms with van der Waals surface area (Å²) in [4.78, 5) is 2.40. The van der Waals surface area contributed by atoms with E-state index in [0.717, 1.165) is 19.6 Å². The summed E-state index contributed by atoms with van der Waals surface area (Å²) < 4.78 is 13.8. The number of rotatable bonds is 4. The van der Waals surface area contributed by atoms with Crippen molar-refractivity contribution in [2.75, 3.05) is 13.1 Å². The first-order valence-corrected chi connectivity index (χ1v) is 8.89. The lowest BCUT2D eigenvalue weighted by Gasteiger charge is -2.35. The highest BCUT2D eigenvalue weighted by Gasteiger charge is 2.31. The molecular weight excluding hydrogens is 306 g/mol. The molecule has 7 nitrogen and oxygen atoms in total. The molecule has 0 amide bonds. The summed E-state index contributed by atoms with van der Waals surface area (Å²) in [6.07, 6.45) is 7.04. The van der Waals surface area contributed by atoms with Gasteiger partial charge in [0.1, 0.15) is 6.10 Å². The molecule has 4 rings (SSSR count). The molecule has 0 aromatic carbocycles. The minimum absolute atomic E-state index is 0.138. The second-order valence-corrected chi connectivity index (χ2v) is 6.99. The number of nitrogens with zero attached hydrogens (tertiary/aromatic N) is 5. The summed E-state index contributed by atoms with van der Waals surface area (Å²) in [5, 5.41) is 12.6. The Labute approximate surface area is 142 Å². The third-order valence-corrected chi connectivity index (χ3v) is 4.96. The molecule has 0 radical (unpaired) electrons. The standard InChI is InChI=1S/C17H25N5O2/c1-12-9-21(11-16(23-12)17-20-19-13(2)24-17)10-15-7-8-18-22(15)14-5-3-4-6-14/h7-8,12,14,16H,3-6,9-11H2,1-2H3/t12-,16-/m1/s1. The lowest BCUT2D eigenvalue weighted by Crippen LogP contribution is -2.42. The van der Waals surface area contributed by atoms with Gasteiger partial charge in [-0.15, -0.1) is 10.2 Å². The molecule has 2 aromatic rings. The predicted octanol–water partition coefficient (Wildman–Crippen LogP) is 2.65. The number of hydrogen-bond acceptors (Lipinski definition) is 6. The van der Waals surface area contributed by atoms with E-state index in [2.05, 4.69) is 37.9 Å². The molecule has 1 aliphatic carbocycles. The molecule has 1 aliphatic heterocycles. The zero-order valence-corrected chi connectivity index (χ0v) is 14.4. The zero-order valence-electron chi connectivity index (χ0n) is 14.4. The van der Waals surface area contributed by atoms with Gasteiger partial charge >= 0.3 is 0 Å². The maximum Gasteiger partial charge on any atom is 0.246 e. The first kappa shape index (κ1) is 15.8. The fourth-order valence-corrected chi connectivity index (χ4v) is 3.92. The number of aryl methyl sites for hydroxylation is 1. The van der Waals surface area contributed by atoms with Gasteiger partial charge in [-0.3, -0.25) is 9.58 Å². The van der Waals surface area contributed by atoms with Gasteiger partial charge < -0.3 is 9.15 Å². The third kappa shape index (κ3) is 3.23. The first-order chi connectivity index (χ1) is 11.7. The zero-order chi connectivity index (χ0) is 16.5. The highest BCUT2D eigenvalue weighted by Crippen LogP contribution is 2.31. The van der Waals surface area contributed by atoms with Gasteiger partial charge in [-0.05, 0) is 25.8 Å². The Hall–Kier alpha value is -1.73. The van der Waals surface area contributed by atoms with Gasteiger partial charge in [0.05, 0.1) is 17.8 Å². The summed E-state index contributed by atoms with van der Waals surface area (Å²) in [7, 11) is 0. The van der Waals surface area contributed by atoms with Crippen LogP contribution in [-0.2, 0) is 11.3 Å². The molecule has 2 atom stereocenters. The monoisotopic (exact) mass is 331 g/mol. The molecule has 7 heteroatoms. The van der Waals surface area contributed by atoms with Crippen LogP contribution in [0.2, 0.25) is 0 Å². The normalized spacial score (nSPS) is 26.2. The van der Waals surface area contributed by atoms with Crippen molar-refractivity contribution < 1.29 is 9.15 Å². The average molecular weight is 331 g/mol. The molecule has 130 valence electrons. The second kappa shape index (κ2) is 6.64. The number of ether oxygens (including phenoxy) is 1. The van der Waals surface area contributed by atoms with Gasteiger partial charge in [-0.25, -0.2) is 0 Å². The van der Waals surface area contributed by atoms with E-state index in [1.54, 1.807) is 6.92 Å². The molecule has 1 saturated carbocycles. The predicted molar refractivity (Wildman–Crippen MR) is 87.3 cm³/mol. The minimum atomic E-state index is -0.155. The Balaban J connectivity index is 1.47. The maximum atomic E-state index is 6.00. The Bertz CT molecular complexity index is 676. The summed E-state index contributed by atoms with van der Waals surface area (Å²) >= 11 is 0. The topological polar surface area (TPSA) is 69.2 Å². The van der Waals surface area contributed by atoms with Crippen LogP contribution in [0.25, 0.3) is 0 Å². The second-order valence-electron chi connectivity index (χ2n) is 6.99. The van der Waals surface area contributed by atoms with Gasteiger partial charge in [-0.1, -0.05) is 12.8 Å². The lowest BCUT2D eigenvalue weighted by atomic mass is 10.2. The van der Waals surface area contributed by atoms with E-state index >= 15 is 0 Å². The fourth-order valence-electron chi connectivity index (χ4n) is 3.92. The molecule has 2 aliphatic rings. The van der Waals surface area contributed by atoms with Crippen LogP contribution in [0.4, 0.5) is 0 Å². The number of aromatic nitrogens is 4. The van der Waals surface area contributed by atoms with Crippen LogP contribution in [0.3, 0.4) is 0 Å². The lowest BCUT2D eigenvalue weighted by molar-refractivity contribution is -0.0923. The quantitative estimate of drug-likeness (QED) is 0.858. The molecule has 24 heavy (non-hydrogen) atoms. The molecule has 2 fully saturated rings. The van der Waals surface area contributed by atoms with Crippen LogP contribution in [0.5, 0.6) is 0 Å². The van der Waals surface area contributed by atoms with Gasteiger partial charge in [0.2, 0.25) is 11.8 Å². The SMILES string of the molecule is Cc1nnc([C@H]2CN(Cc3ccnn3C3CCCC3)C[C@@H](C)O2)o1. The van der Waals surface area contributed by atoms with Crippen molar-refractivity contribution >= 4 is 0 Å². The smallest absolute Gasteiger partial charge is 0.246 e. The summed E-state index contributed by atoms with van der Waals surface area (Å²) in [5.74, 6) is 1.16. The van der Waals surface area contributed by atoms with Crippen LogP contribution in [0, 0.1) is 6.92 Å². The van der Waals surface area contributed by atoms with Crippen LogP contribution in [0.15, 0.2) is 16.7 Å². The summed E-state index contributed by atoms with van der Waals surface area (Å²) in [6.45, 7) is 6.45. The van der Waals surface area contributed by atoms with E-state index in [1.165, 1.54) is 31.4 Å². The van der Waals surface area contributed by atoms with E-state index in [1.807, 2.05) is 6.20 Å². The van der Waals surface area contributed by atoms with Crippen LogP contribution >= 0.6 is 0 Å². The minimum Gasteiger partial charge on any atom is -0.423 e. The van der Waals surface area contributed by atoms with E-state index in [4.69, 9.17) is 9.15 Å². The maximum absolute atomic E-state index is 6.00. The largest absolute Gasteiger partial charge is 0.423 e. The molecule has 2 aromatic heterocycles. The Morgan fingerprint density at radius 2 is 2.04 bits per heavy atom. The van der Waals surface area contributed by atoms with Crippen molar-refractivity contribution in [3.63, 3.8) is 0 Å². The van der Waals surface area contributed by atoms with Gasteiger partial charge in [0, 0.05) is 32.8 Å². The molecule has 0 bridgehead atoms. The van der Waals surface area contributed by atoms with Crippen LogP contribution in [0.1, 0.15) is 62.2 Å². The highest BCUT2D eigenvalue weighted by atomic mass is 16.5. The third-order valence-electron chi connectivity index (χ3n) is 4.96. The molecule has 1 saturated heterocycles. The molecule has 0 spiro atoms. The van der Waals surface area contributed by atoms with Crippen LogP contribution in [-0.4, -0.2) is 44.1 Å². The van der Waals surface area contributed by atoms with Gasteiger partial charge in [0.15, 0.2) is 0 Å². The first-order valence-electron chi connectivity index (χ1n) is 8.89. The van der Waals surface area contributed by atoms with E-state index in [0.29, 0.717) is 17.8 Å². The van der Waals surface area contributed by atoms with Crippen molar-refractivity contribution in [1.29, 1.82) is 0 Å².